The van der Waals surface area contributed by atoms with Crippen LogP contribution in [0.25, 0.3) is 0 Å². The first-order valence-electron chi connectivity index (χ1n) is 6.33. The van der Waals surface area contributed by atoms with E-state index in [2.05, 4.69) is 5.32 Å². The Morgan fingerprint density at radius 2 is 1.95 bits per heavy atom. The van der Waals surface area contributed by atoms with Crippen LogP contribution < -0.4 is 5.32 Å². The molecule has 0 bridgehead atoms. The molecule has 0 aliphatic carbocycles. The van der Waals surface area contributed by atoms with Crippen molar-refractivity contribution in [2.75, 3.05) is 6.54 Å². The molecule has 0 aliphatic heterocycles. The van der Waals surface area contributed by atoms with Crippen LogP contribution in [0.4, 0.5) is 4.39 Å². The highest BCUT2D eigenvalue weighted by molar-refractivity contribution is 5.34. The van der Waals surface area contributed by atoms with Gasteiger partial charge < -0.3 is 10.4 Å². The summed E-state index contributed by atoms with van der Waals surface area (Å²) in [6.07, 6.45) is -0.591. The molecule has 1 unspecified atom stereocenters. The summed E-state index contributed by atoms with van der Waals surface area (Å²) in [6, 6.07) is 15.6. The van der Waals surface area contributed by atoms with Crippen molar-refractivity contribution in [1.29, 1.82) is 5.26 Å². The smallest absolute Gasteiger partial charge is 0.140 e. The van der Waals surface area contributed by atoms with Crippen LogP contribution in [0.3, 0.4) is 0 Å². The molecule has 0 aliphatic rings. The fourth-order valence-corrected chi connectivity index (χ4v) is 1.91. The van der Waals surface area contributed by atoms with Gasteiger partial charge in [-0.25, -0.2) is 4.39 Å². The van der Waals surface area contributed by atoms with Gasteiger partial charge >= 0.3 is 0 Å². The molecule has 0 spiro atoms. The van der Waals surface area contributed by atoms with Gasteiger partial charge in [-0.15, -0.1) is 0 Å². The first-order valence-corrected chi connectivity index (χ1v) is 6.33. The van der Waals surface area contributed by atoms with Gasteiger partial charge in [-0.1, -0.05) is 36.4 Å². The molecule has 0 saturated heterocycles. The van der Waals surface area contributed by atoms with Gasteiger partial charge in [0.15, 0.2) is 0 Å². The van der Waals surface area contributed by atoms with Crippen molar-refractivity contribution < 1.29 is 9.50 Å². The highest BCUT2D eigenvalue weighted by atomic mass is 19.1. The molecule has 0 aromatic heterocycles. The zero-order valence-corrected chi connectivity index (χ0v) is 10.9. The second kappa shape index (κ2) is 6.80. The molecule has 102 valence electrons. The summed E-state index contributed by atoms with van der Waals surface area (Å²) >= 11 is 0. The van der Waals surface area contributed by atoms with Crippen LogP contribution in [0.5, 0.6) is 0 Å². The number of aliphatic hydroxyl groups is 1. The molecule has 20 heavy (non-hydrogen) atoms. The van der Waals surface area contributed by atoms with Gasteiger partial charge in [0, 0.05) is 13.1 Å². The van der Waals surface area contributed by atoms with Crippen molar-refractivity contribution in [3.05, 3.63) is 71.0 Å². The minimum atomic E-state index is -0.591. The van der Waals surface area contributed by atoms with Crippen molar-refractivity contribution in [2.45, 2.75) is 12.6 Å². The van der Waals surface area contributed by atoms with Gasteiger partial charge in [-0.3, -0.25) is 0 Å². The zero-order valence-electron chi connectivity index (χ0n) is 10.9. The lowest BCUT2D eigenvalue weighted by Gasteiger charge is -2.12. The van der Waals surface area contributed by atoms with Crippen LogP contribution in [0.1, 0.15) is 22.8 Å². The normalized spacial score (nSPS) is 11.8. The molecule has 0 amide bonds. The fourth-order valence-electron chi connectivity index (χ4n) is 1.91. The number of nitrogens with one attached hydrogen (secondary N) is 1. The van der Waals surface area contributed by atoms with Crippen LogP contribution >= 0.6 is 0 Å². The van der Waals surface area contributed by atoms with E-state index in [9.17, 15) is 9.50 Å². The maximum Gasteiger partial charge on any atom is 0.140 e. The summed E-state index contributed by atoms with van der Waals surface area (Å²) in [5, 5.41) is 21.8. The highest BCUT2D eigenvalue weighted by Gasteiger charge is 2.07. The number of hydrogen-bond acceptors (Lipinski definition) is 3. The van der Waals surface area contributed by atoms with Gasteiger partial charge in [0.2, 0.25) is 0 Å². The summed E-state index contributed by atoms with van der Waals surface area (Å²) in [4.78, 5) is 0. The third-order valence-electron chi connectivity index (χ3n) is 3.00. The van der Waals surface area contributed by atoms with Crippen LogP contribution in [-0.4, -0.2) is 11.7 Å². The third-order valence-corrected chi connectivity index (χ3v) is 3.00. The molecule has 2 N–H and O–H groups in total. The van der Waals surface area contributed by atoms with Crippen molar-refractivity contribution in [3.63, 3.8) is 0 Å². The Hall–Kier alpha value is -2.22. The second-order valence-corrected chi connectivity index (χ2v) is 4.48. The third kappa shape index (κ3) is 3.64. The van der Waals surface area contributed by atoms with E-state index >= 15 is 0 Å². The molecular formula is C16H15FN2O. The lowest BCUT2D eigenvalue weighted by atomic mass is 10.1. The number of hydrogen-bond donors (Lipinski definition) is 2. The predicted molar refractivity (Wildman–Crippen MR) is 74.2 cm³/mol. The largest absolute Gasteiger partial charge is 0.387 e. The molecule has 0 saturated carbocycles. The number of nitrogens with zero attached hydrogens (tertiary/aromatic N) is 1. The quantitative estimate of drug-likeness (QED) is 0.877. The number of nitriles is 1. The van der Waals surface area contributed by atoms with Gasteiger partial charge in [0.05, 0.1) is 11.7 Å². The molecule has 4 heteroatoms. The molecule has 2 aromatic rings. The fraction of sp³-hybridized carbons (Fsp3) is 0.188. The number of rotatable bonds is 5. The summed E-state index contributed by atoms with van der Waals surface area (Å²) in [5.74, 6) is -0.513. The number of benzene rings is 2. The van der Waals surface area contributed by atoms with Gasteiger partial charge in [0.25, 0.3) is 0 Å². The van der Waals surface area contributed by atoms with Crippen LogP contribution in [0.2, 0.25) is 0 Å². The summed E-state index contributed by atoms with van der Waals surface area (Å²) < 4.78 is 13.2. The Labute approximate surface area is 117 Å². The second-order valence-electron chi connectivity index (χ2n) is 4.48. The summed E-state index contributed by atoms with van der Waals surface area (Å²) in [5.41, 5.74) is 1.69. The van der Waals surface area contributed by atoms with Crippen molar-refractivity contribution in [3.8, 4) is 6.07 Å². The summed E-state index contributed by atoms with van der Waals surface area (Å²) in [6.45, 7) is 0.863. The SMILES string of the molecule is N#Cc1cc(CNCC(O)c2ccccc2)ccc1F. The Bertz CT molecular complexity index is 608. The molecular weight excluding hydrogens is 255 g/mol. The average molecular weight is 270 g/mol. The minimum Gasteiger partial charge on any atom is -0.387 e. The van der Waals surface area contributed by atoms with Crippen molar-refractivity contribution in [1.82, 2.24) is 5.32 Å². The van der Waals surface area contributed by atoms with E-state index in [-0.39, 0.29) is 5.56 Å². The van der Waals surface area contributed by atoms with Crippen LogP contribution in [0.15, 0.2) is 48.5 Å². The Balaban J connectivity index is 1.89. The summed E-state index contributed by atoms with van der Waals surface area (Å²) in [7, 11) is 0. The van der Waals surface area contributed by atoms with Crippen LogP contribution in [0, 0.1) is 17.1 Å². The standard InChI is InChI=1S/C16H15FN2O/c17-15-7-6-12(8-14(15)9-18)10-19-11-16(20)13-4-2-1-3-5-13/h1-8,16,19-20H,10-11H2. The molecule has 2 rings (SSSR count). The topological polar surface area (TPSA) is 56.0 Å². The first kappa shape index (κ1) is 14.2. The van der Waals surface area contributed by atoms with E-state index in [1.165, 1.54) is 12.1 Å². The molecule has 0 fully saturated rings. The van der Waals surface area contributed by atoms with E-state index < -0.39 is 11.9 Å². The van der Waals surface area contributed by atoms with E-state index in [0.717, 1.165) is 11.1 Å². The van der Waals surface area contributed by atoms with Gasteiger partial charge in [0.1, 0.15) is 11.9 Å². The average Bonchev–Trinajstić information content (AvgIpc) is 2.49. The Morgan fingerprint density at radius 1 is 1.20 bits per heavy atom. The molecule has 1 atom stereocenters. The molecule has 0 heterocycles. The minimum absolute atomic E-state index is 0.0351. The predicted octanol–water partition coefficient (Wildman–Crippen LogP) is 2.52. The number of halogens is 1. The first-order chi connectivity index (χ1) is 9.70. The monoisotopic (exact) mass is 270 g/mol. The van der Waals surface area contributed by atoms with Crippen LogP contribution in [-0.2, 0) is 6.54 Å². The van der Waals surface area contributed by atoms with E-state index in [4.69, 9.17) is 5.26 Å². The molecule has 3 nitrogen and oxygen atoms in total. The van der Waals surface area contributed by atoms with Crippen molar-refractivity contribution in [2.24, 2.45) is 0 Å². The van der Waals surface area contributed by atoms with Gasteiger partial charge in [-0.05, 0) is 23.3 Å². The maximum atomic E-state index is 13.2. The van der Waals surface area contributed by atoms with Gasteiger partial charge in [-0.2, -0.15) is 5.26 Å². The maximum absolute atomic E-state index is 13.2. The lowest BCUT2D eigenvalue weighted by molar-refractivity contribution is 0.174. The van der Waals surface area contributed by atoms with E-state index in [1.54, 1.807) is 6.07 Å². The molecule has 2 aromatic carbocycles. The van der Waals surface area contributed by atoms with E-state index in [0.29, 0.717) is 13.1 Å². The van der Waals surface area contributed by atoms with E-state index in [1.807, 2.05) is 36.4 Å². The molecule has 0 radical (unpaired) electrons. The Kier molecular flexibility index (Phi) is 4.83. The zero-order chi connectivity index (χ0) is 14.4. The Morgan fingerprint density at radius 3 is 2.65 bits per heavy atom. The lowest BCUT2D eigenvalue weighted by Crippen LogP contribution is -2.21. The number of aliphatic hydroxyl groups excluding tert-OH is 1. The highest BCUT2D eigenvalue weighted by Crippen LogP contribution is 2.12. The van der Waals surface area contributed by atoms with Crippen molar-refractivity contribution >= 4 is 0 Å².